The van der Waals surface area contributed by atoms with E-state index in [1.807, 2.05) is 0 Å². The molecule has 4 nitrogen and oxygen atoms in total. The van der Waals surface area contributed by atoms with E-state index >= 15 is 0 Å². The Morgan fingerprint density at radius 1 is 1.73 bits per heavy atom. The molecule has 4 heteroatoms. The zero-order valence-electron chi connectivity index (χ0n) is 6.42. The van der Waals surface area contributed by atoms with Gasteiger partial charge in [0.1, 0.15) is 0 Å². The molecule has 0 bridgehead atoms. The van der Waals surface area contributed by atoms with Gasteiger partial charge in [-0.3, -0.25) is 4.79 Å². The molecule has 1 rings (SSSR count). The van der Waals surface area contributed by atoms with Gasteiger partial charge < -0.3 is 10.1 Å². The quantitative estimate of drug-likeness (QED) is 0.601. The summed E-state index contributed by atoms with van der Waals surface area (Å²) >= 11 is 0. The van der Waals surface area contributed by atoms with Crippen LogP contribution in [0.3, 0.4) is 0 Å². The first-order chi connectivity index (χ1) is 5.24. The topological polar surface area (TPSA) is 55.4 Å². The smallest absolute Gasteiger partial charge is 0.407 e. The van der Waals surface area contributed by atoms with Crippen molar-refractivity contribution in [1.82, 2.24) is 5.32 Å². The van der Waals surface area contributed by atoms with Gasteiger partial charge in [-0.25, -0.2) is 4.79 Å². The zero-order valence-corrected chi connectivity index (χ0v) is 6.42. The van der Waals surface area contributed by atoms with E-state index in [9.17, 15) is 9.59 Å². The van der Waals surface area contributed by atoms with Crippen LogP contribution in [0.2, 0.25) is 0 Å². The Morgan fingerprint density at radius 3 is 2.91 bits per heavy atom. The Labute approximate surface area is 64.9 Å². The molecular weight excluding hydrogens is 146 g/mol. The maximum absolute atomic E-state index is 11.0. The van der Waals surface area contributed by atoms with E-state index in [1.165, 1.54) is 7.11 Å². The summed E-state index contributed by atoms with van der Waals surface area (Å²) in [5.41, 5.74) is 0. The predicted molar refractivity (Wildman–Crippen MR) is 38.2 cm³/mol. The highest BCUT2D eigenvalue weighted by atomic mass is 16.5. The second-order valence-electron chi connectivity index (χ2n) is 2.55. The number of methoxy groups -OCH3 is 1. The predicted octanol–water partition coefficient (Wildman–Crippen LogP) is 0.464. The fourth-order valence-corrected chi connectivity index (χ4v) is 1.17. The van der Waals surface area contributed by atoms with Crippen LogP contribution in [0.1, 0.15) is 19.3 Å². The number of alkyl carbamates (subject to hydrolysis) is 1. The van der Waals surface area contributed by atoms with Gasteiger partial charge in [-0.15, -0.1) is 0 Å². The number of Topliss-reactive ketones (excluding diaryl/α,β-unsaturated/α-hetero) is 1. The standard InChI is InChI=1S/C7H11NO3/c1-11-7(10)8-5-3-2-4-6(5)9/h5H,2-4H2,1H3,(H,8,10). The molecule has 0 radical (unpaired) electrons. The molecule has 0 aromatic rings. The van der Waals surface area contributed by atoms with E-state index in [1.54, 1.807) is 0 Å². The summed E-state index contributed by atoms with van der Waals surface area (Å²) < 4.78 is 4.36. The number of ether oxygens (including phenoxy) is 1. The first-order valence-electron chi connectivity index (χ1n) is 3.61. The zero-order chi connectivity index (χ0) is 8.27. The van der Waals surface area contributed by atoms with Crippen LogP contribution in [-0.4, -0.2) is 25.0 Å². The molecule has 0 heterocycles. The van der Waals surface area contributed by atoms with E-state index in [2.05, 4.69) is 10.1 Å². The van der Waals surface area contributed by atoms with Gasteiger partial charge in [0.15, 0.2) is 5.78 Å². The number of hydrogen-bond acceptors (Lipinski definition) is 3. The molecule has 1 fully saturated rings. The van der Waals surface area contributed by atoms with Gasteiger partial charge in [-0.05, 0) is 12.8 Å². The summed E-state index contributed by atoms with van der Waals surface area (Å²) in [7, 11) is 1.29. The lowest BCUT2D eigenvalue weighted by atomic mass is 10.2. The second-order valence-corrected chi connectivity index (χ2v) is 2.55. The normalized spacial score (nSPS) is 23.4. The number of amides is 1. The lowest BCUT2D eigenvalue weighted by Gasteiger charge is -2.08. The minimum Gasteiger partial charge on any atom is -0.453 e. The Hall–Kier alpha value is -1.06. The SMILES string of the molecule is COC(=O)NC1CCCC1=O. The van der Waals surface area contributed by atoms with Crippen molar-refractivity contribution in [3.05, 3.63) is 0 Å². The van der Waals surface area contributed by atoms with E-state index in [-0.39, 0.29) is 11.8 Å². The third-order valence-corrected chi connectivity index (χ3v) is 1.78. The number of rotatable bonds is 1. The monoisotopic (exact) mass is 157 g/mol. The number of nitrogens with one attached hydrogen (secondary N) is 1. The third-order valence-electron chi connectivity index (χ3n) is 1.78. The molecule has 1 amide bonds. The molecule has 1 N–H and O–H groups in total. The number of carbonyl (C=O) groups is 2. The Bertz CT molecular complexity index is 179. The minimum atomic E-state index is -0.523. The van der Waals surface area contributed by atoms with Gasteiger partial charge in [0, 0.05) is 6.42 Å². The molecular formula is C7H11NO3. The molecule has 1 saturated carbocycles. The van der Waals surface area contributed by atoms with Crippen LogP contribution >= 0.6 is 0 Å². The molecule has 0 aliphatic heterocycles. The minimum absolute atomic E-state index is 0.107. The van der Waals surface area contributed by atoms with Crippen LogP contribution in [-0.2, 0) is 9.53 Å². The molecule has 1 aliphatic rings. The Balaban J connectivity index is 2.36. The summed E-state index contributed by atoms with van der Waals surface area (Å²) in [6.45, 7) is 0. The number of ketones is 1. The van der Waals surface area contributed by atoms with Crippen LogP contribution in [0.4, 0.5) is 4.79 Å². The maximum atomic E-state index is 11.0. The van der Waals surface area contributed by atoms with Crippen LogP contribution in [0.15, 0.2) is 0 Å². The summed E-state index contributed by atoms with van der Waals surface area (Å²) in [5, 5.41) is 2.47. The van der Waals surface area contributed by atoms with E-state index in [4.69, 9.17) is 0 Å². The van der Waals surface area contributed by atoms with Gasteiger partial charge in [-0.2, -0.15) is 0 Å². The molecule has 1 atom stereocenters. The van der Waals surface area contributed by atoms with Crippen molar-refractivity contribution in [3.63, 3.8) is 0 Å². The Kier molecular flexibility index (Phi) is 2.46. The largest absolute Gasteiger partial charge is 0.453 e. The van der Waals surface area contributed by atoms with E-state index in [0.29, 0.717) is 6.42 Å². The maximum Gasteiger partial charge on any atom is 0.407 e. The van der Waals surface area contributed by atoms with Gasteiger partial charge in [-0.1, -0.05) is 0 Å². The van der Waals surface area contributed by atoms with Gasteiger partial charge in [0.25, 0.3) is 0 Å². The number of carbonyl (C=O) groups excluding carboxylic acids is 2. The Morgan fingerprint density at radius 2 is 2.45 bits per heavy atom. The second kappa shape index (κ2) is 3.37. The molecule has 0 saturated heterocycles. The first kappa shape index (κ1) is 8.04. The fourth-order valence-electron chi connectivity index (χ4n) is 1.17. The summed E-state index contributed by atoms with van der Waals surface area (Å²) in [6.07, 6.45) is 1.67. The van der Waals surface area contributed by atoms with Crippen molar-refractivity contribution in [3.8, 4) is 0 Å². The lowest BCUT2D eigenvalue weighted by molar-refractivity contribution is -0.119. The summed E-state index contributed by atoms with van der Waals surface area (Å²) in [5.74, 6) is 0.107. The van der Waals surface area contributed by atoms with E-state index < -0.39 is 6.09 Å². The third kappa shape index (κ3) is 1.93. The van der Waals surface area contributed by atoms with Crippen LogP contribution in [0.5, 0.6) is 0 Å². The molecule has 0 aromatic carbocycles. The van der Waals surface area contributed by atoms with Crippen molar-refractivity contribution in [1.29, 1.82) is 0 Å². The highest BCUT2D eigenvalue weighted by Crippen LogP contribution is 2.13. The highest BCUT2D eigenvalue weighted by molar-refractivity contribution is 5.88. The van der Waals surface area contributed by atoms with Gasteiger partial charge >= 0.3 is 6.09 Å². The van der Waals surface area contributed by atoms with Crippen molar-refractivity contribution in [2.75, 3.05) is 7.11 Å². The molecule has 1 unspecified atom stereocenters. The summed E-state index contributed by atoms with van der Waals surface area (Å²) in [6, 6.07) is -0.303. The molecule has 62 valence electrons. The average molecular weight is 157 g/mol. The number of hydrogen-bond donors (Lipinski definition) is 1. The van der Waals surface area contributed by atoms with Crippen molar-refractivity contribution >= 4 is 11.9 Å². The average Bonchev–Trinajstić information content (AvgIpc) is 2.37. The van der Waals surface area contributed by atoms with Crippen LogP contribution < -0.4 is 5.32 Å². The fraction of sp³-hybridized carbons (Fsp3) is 0.714. The van der Waals surface area contributed by atoms with Crippen LogP contribution in [0, 0.1) is 0 Å². The molecule has 11 heavy (non-hydrogen) atoms. The van der Waals surface area contributed by atoms with Crippen molar-refractivity contribution in [2.45, 2.75) is 25.3 Å². The highest BCUT2D eigenvalue weighted by Gasteiger charge is 2.25. The molecule has 0 spiro atoms. The van der Waals surface area contributed by atoms with Gasteiger partial charge in [0.05, 0.1) is 13.2 Å². The molecule has 1 aliphatic carbocycles. The van der Waals surface area contributed by atoms with Crippen LogP contribution in [0.25, 0.3) is 0 Å². The first-order valence-corrected chi connectivity index (χ1v) is 3.61. The van der Waals surface area contributed by atoms with Gasteiger partial charge in [0.2, 0.25) is 0 Å². The summed E-state index contributed by atoms with van der Waals surface area (Å²) in [4.78, 5) is 21.6. The van der Waals surface area contributed by atoms with Crippen molar-refractivity contribution in [2.24, 2.45) is 0 Å². The lowest BCUT2D eigenvalue weighted by Crippen LogP contribution is -2.37. The van der Waals surface area contributed by atoms with E-state index in [0.717, 1.165) is 12.8 Å². The van der Waals surface area contributed by atoms with Crippen molar-refractivity contribution < 1.29 is 14.3 Å². The molecule has 0 aromatic heterocycles.